The number of aromatic nitrogens is 1. The summed E-state index contributed by atoms with van der Waals surface area (Å²) in [4.78, 5) is 16.3. The second kappa shape index (κ2) is 6.91. The summed E-state index contributed by atoms with van der Waals surface area (Å²) in [7, 11) is 0. The van der Waals surface area contributed by atoms with Crippen molar-refractivity contribution in [1.82, 2.24) is 10.3 Å². The van der Waals surface area contributed by atoms with Crippen molar-refractivity contribution in [2.75, 3.05) is 5.75 Å². The second-order valence-corrected chi connectivity index (χ2v) is 6.75. The van der Waals surface area contributed by atoms with E-state index in [4.69, 9.17) is 0 Å². The molecular formula is C14H18N2OS2. The quantitative estimate of drug-likeness (QED) is 0.826. The van der Waals surface area contributed by atoms with Gasteiger partial charge in [0.05, 0.1) is 16.0 Å². The summed E-state index contributed by atoms with van der Waals surface area (Å²) < 4.78 is 2.13. The van der Waals surface area contributed by atoms with Crippen molar-refractivity contribution in [3.8, 4) is 0 Å². The Labute approximate surface area is 121 Å². The molecule has 1 atom stereocenters. The van der Waals surface area contributed by atoms with E-state index in [0.29, 0.717) is 5.75 Å². The highest BCUT2D eigenvalue weighted by molar-refractivity contribution is 8.01. The molecule has 0 saturated heterocycles. The first-order valence-electron chi connectivity index (χ1n) is 6.46. The van der Waals surface area contributed by atoms with Crippen LogP contribution in [0.2, 0.25) is 0 Å². The zero-order valence-corrected chi connectivity index (χ0v) is 12.8. The number of para-hydroxylation sites is 1. The summed E-state index contributed by atoms with van der Waals surface area (Å²) in [6, 6.07) is 8.30. The third-order valence-corrected chi connectivity index (χ3v) is 4.91. The molecule has 19 heavy (non-hydrogen) atoms. The Bertz CT molecular complexity index is 520. The fourth-order valence-corrected chi connectivity index (χ4v) is 3.74. The van der Waals surface area contributed by atoms with Gasteiger partial charge in [-0.2, -0.15) is 0 Å². The van der Waals surface area contributed by atoms with Crippen LogP contribution in [-0.2, 0) is 4.79 Å². The molecule has 1 heterocycles. The molecule has 0 radical (unpaired) electrons. The second-order valence-electron chi connectivity index (χ2n) is 4.49. The molecule has 0 aliphatic rings. The highest BCUT2D eigenvalue weighted by atomic mass is 32.2. The number of rotatable bonds is 6. The maximum Gasteiger partial charge on any atom is 0.230 e. The molecule has 0 aliphatic heterocycles. The van der Waals surface area contributed by atoms with Gasteiger partial charge < -0.3 is 5.32 Å². The van der Waals surface area contributed by atoms with Gasteiger partial charge in [-0.1, -0.05) is 37.2 Å². The van der Waals surface area contributed by atoms with Gasteiger partial charge in [0.1, 0.15) is 0 Å². The highest BCUT2D eigenvalue weighted by Gasteiger charge is 2.09. The molecule has 1 aromatic heterocycles. The van der Waals surface area contributed by atoms with Gasteiger partial charge >= 0.3 is 0 Å². The van der Waals surface area contributed by atoms with Crippen LogP contribution in [0.1, 0.15) is 26.7 Å². The lowest BCUT2D eigenvalue weighted by Crippen LogP contribution is -2.33. The van der Waals surface area contributed by atoms with Crippen molar-refractivity contribution in [3.05, 3.63) is 24.3 Å². The molecule has 0 saturated carbocycles. The number of hydrogen-bond donors (Lipinski definition) is 1. The van der Waals surface area contributed by atoms with Crippen molar-refractivity contribution in [2.24, 2.45) is 0 Å². The Morgan fingerprint density at radius 1 is 1.47 bits per heavy atom. The van der Waals surface area contributed by atoms with Crippen LogP contribution in [0.3, 0.4) is 0 Å². The van der Waals surface area contributed by atoms with Crippen LogP contribution in [-0.4, -0.2) is 22.7 Å². The summed E-state index contributed by atoms with van der Waals surface area (Å²) in [5, 5.41) is 3.00. The number of benzene rings is 1. The van der Waals surface area contributed by atoms with E-state index in [0.717, 1.165) is 22.7 Å². The molecule has 1 unspecified atom stereocenters. The van der Waals surface area contributed by atoms with Crippen LogP contribution >= 0.6 is 23.1 Å². The third-order valence-electron chi connectivity index (χ3n) is 2.73. The van der Waals surface area contributed by atoms with Crippen molar-refractivity contribution in [2.45, 2.75) is 37.1 Å². The number of nitrogens with zero attached hydrogens (tertiary/aromatic N) is 1. The highest BCUT2D eigenvalue weighted by Crippen LogP contribution is 2.28. The number of thiazole rings is 1. The molecule has 0 fully saturated rings. The maximum atomic E-state index is 11.8. The van der Waals surface area contributed by atoms with Gasteiger partial charge in [0, 0.05) is 6.04 Å². The fourth-order valence-electron chi connectivity index (χ4n) is 1.86. The molecule has 1 N–H and O–H groups in total. The third kappa shape index (κ3) is 4.21. The smallest absolute Gasteiger partial charge is 0.230 e. The van der Waals surface area contributed by atoms with Gasteiger partial charge in [0.15, 0.2) is 4.34 Å². The first-order chi connectivity index (χ1) is 9.19. The molecule has 1 amide bonds. The first kappa shape index (κ1) is 14.3. The van der Waals surface area contributed by atoms with Gasteiger partial charge in [-0.05, 0) is 25.5 Å². The predicted octanol–water partition coefficient (Wildman–Crippen LogP) is 3.69. The molecule has 2 rings (SSSR count). The van der Waals surface area contributed by atoms with Crippen LogP contribution in [0.4, 0.5) is 0 Å². The number of carbonyl (C=O) groups excluding carboxylic acids is 1. The number of carbonyl (C=O) groups is 1. The topological polar surface area (TPSA) is 42.0 Å². The van der Waals surface area contributed by atoms with Crippen LogP contribution in [0.5, 0.6) is 0 Å². The fraction of sp³-hybridized carbons (Fsp3) is 0.429. The van der Waals surface area contributed by atoms with Crippen LogP contribution in [0, 0.1) is 0 Å². The average molecular weight is 294 g/mol. The summed E-state index contributed by atoms with van der Waals surface area (Å²) in [6.07, 6.45) is 2.12. The van der Waals surface area contributed by atoms with Gasteiger partial charge in [0.25, 0.3) is 0 Å². The van der Waals surface area contributed by atoms with Crippen LogP contribution in [0.25, 0.3) is 10.2 Å². The van der Waals surface area contributed by atoms with Crippen molar-refractivity contribution in [1.29, 1.82) is 0 Å². The number of thioether (sulfide) groups is 1. The Kier molecular flexibility index (Phi) is 5.22. The van der Waals surface area contributed by atoms with E-state index in [1.807, 2.05) is 25.1 Å². The Hall–Kier alpha value is -1.07. The summed E-state index contributed by atoms with van der Waals surface area (Å²) in [6.45, 7) is 4.17. The van der Waals surface area contributed by atoms with E-state index in [9.17, 15) is 4.79 Å². The first-order valence-corrected chi connectivity index (χ1v) is 8.27. The SMILES string of the molecule is CCCC(C)NC(=O)CSc1nc2ccccc2s1. The molecule has 0 spiro atoms. The molecular weight excluding hydrogens is 276 g/mol. The lowest BCUT2D eigenvalue weighted by atomic mass is 10.2. The molecule has 2 aromatic rings. The van der Waals surface area contributed by atoms with E-state index in [2.05, 4.69) is 23.3 Å². The number of amides is 1. The summed E-state index contributed by atoms with van der Waals surface area (Å²) in [5.41, 5.74) is 1.01. The lowest BCUT2D eigenvalue weighted by Gasteiger charge is -2.11. The minimum absolute atomic E-state index is 0.0882. The zero-order chi connectivity index (χ0) is 13.7. The average Bonchev–Trinajstić information content (AvgIpc) is 2.79. The Balaban J connectivity index is 1.86. The molecule has 5 heteroatoms. The zero-order valence-electron chi connectivity index (χ0n) is 11.2. The van der Waals surface area contributed by atoms with E-state index in [1.54, 1.807) is 11.3 Å². The number of nitrogens with one attached hydrogen (secondary N) is 1. The standard InChI is InChI=1S/C14H18N2OS2/c1-3-6-10(2)15-13(17)9-18-14-16-11-7-4-5-8-12(11)19-14/h4-5,7-8,10H,3,6,9H2,1-2H3,(H,15,17). The van der Waals surface area contributed by atoms with Gasteiger partial charge in [-0.3, -0.25) is 4.79 Å². The number of hydrogen-bond acceptors (Lipinski definition) is 4. The summed E-state index contributed by atoms with van der Waals surface area (Å²) in [5.74, 6) is 0.527. The number of fused-ring (bicyclic) bond motifs is 1. The normalized spacial score (nSPS) is 12.5. The largest absolute Gasteiger partial charge is 0.353 e. The lowest BCUT2D eigenvalue weighted by molar-refractivity contribution is -0.119. The maximum absolute atomic E-state index is 11.8. The van der Waals surface area contributed by atoms with E-state index < -0.39 is 0 Å². The molecule has 0 aliphatic carbocycles. The van der Waals surface area contributed by atoms with Crippen molar-refractivity contribution >= 4 is 39.2 Å². The van der Waals surface area contributed by atoms with E-state index in [-0.39, 0.29) is 11.9 Å². The molecule has 3 nitrogen and oxygen atoms in total. The molecule has 0 bridgehead atoms. The predicted molar refractivity (Wildman–Crippen MR) is 82.9 cm³/mol. The Morgan fingerprint density at radius 2 is 2.26 bits per heavy atom. The van der Waals surface area contributed by atoms with E-state index >= 15 is 0 Å². The van der Waals surface area contributed by atoms with Crippen LogP contribution < -0.4 is 5.32 Å². The van der Waals surface area contributed by atoms with Crippen molar-refractivity contribution in [3.63, 3.8) is 0 Å². The van der Waals surface area contributed by atoms with E-state index in [1.165, 1.54) is 16.5 Å². The van der Waals surface area contributed by atoms with Crippen LogP contribution in [0.15, 0.2) is 28.6 Å². The molecule has 102 valence electrons. The summed E-state index contributed by atoms with van der Waals surface area (Å²) >= 11 is 3.15. The monoisotopic (exact) mass is 294 g/mol. The van der Waals surface area contributed by atoms with Gasteiger partial charge in [0.2, 0.25) is 5.91 Å². The minimum atomic E-state index is 0.0882. The van der Waals surface area contributed by atoms with Gasteiger partial charge in [-0.15, -0.1) is 11.3 Å². The minimum Gasteiger partial charge on any atom is -0.353 e. The van der Waals surface area contributed by atoms with Gasteiger partial charge in [-0.25, -0.2) is 4.98 Å². The molecule has 1 aromatic carbocycles. The Morgan fingerprint density at radius 3 is 3.00 bits per heavy atom. The van der Waals surface area contributed by atoms with Crippen molar-refractivity contribution < 1.29 is 4.79 Å².